The predicted octanol–water partition coefficient (Wildman–Crippen LogP) is 3.23. The lowest BCUT2D eigenvalue weighted by atomic mass is 10.2. The number of nitrogens with zero attached hydrogens (tertiary/aromatic N) is 5. The van der Waals surface area contributed by atoms with Crippen LogP contribution in [-0.2, 0) is 16.4 Å². The molecule has 1 aliphatic rings. The molecule has 0 radical (unpaired) electrons. The van der Waals surface area contributed by atoms with Crippen molar-refractivity contribution < 1.29 is 21.6 Å². The van der Waals surface area contributed by atoms with E-state index in [1.165, 1.54) is 12.1 Å². The van der Waals surface area contributed by atoms with E-state index < -0.39 is 20.2 Å². The molecule has 31 heavy (non-hydrogen) atoms. The number of sulfone groups is 1. The molecule has 7 nitrogen and oxygen atoms in total. The molecule has 1 aromatic carbocycles. The van der Waals surface area contributed by atoms with Crippen LogP contribution in [0.25, 0.3) is 5.69 Å². The number of halogens is 3. The van der Waals surface area contributed by atoms with Crippen LogP contribution in [-0.4, -0.2) is 52.8 Å². The van der Waals surface area contributed by atoms with Crippen LogP contribution in [0.3, 0.4) is 0 Å². The third kappa shape index (κ3) is 4.15. The molecule has 3 heterocycles. The number of hydrogen-bond acceptors (Lipinski definition) is 6. The SMILES string of the molecule is CC1CN(c2ccc(S(=O)(=O)C(F)(F)F)cc2)CN1Cc1ccncc1-n1cccn1. The summed E-state index contributed by atoms with van der Waals surface area (Å²) < 4.78 is 63.1. The summed E-state index contributed by atoms with van der Waals surface area (Å²) in [4.78, 5) is 7.66. The second-order valence-corrected chi connectivity index (χ2v) is 9.30. The Hall–Kier alpha value is -2.92. The molecule has 0 aliphatic carbocycles. The lowest BCUT2D eigenvalue weighted by Crippen LogP contribution is -2.29. The van der Waals surface area contributed by atoms with Crippen LogP contribution in [0, 0.1) is 0 Å². The Bertz CT molecular complexity index is 1150. The Morgan fingerprint density at radius 2 is 1.87 bits per heavy atom. The maximum atomic E-state index is 12.7. The van der Waals surface area contributed by atoms with E-state index in [4.69, 9.17) is 0 Å². The van der Waals surface area contributed by atoms with Crippen LogP contribution in [0.15, 0.2) is 66.1 Å². The first-order valence-corrected chi connectivity index (χ1v) is 11.0. The van der Waals surface area contributed by atoms with Crippen LogP contribution in [0.1, 0.15) is 12.5 Å². The number of hydrogen-bond donors (Lipinski definition) is 0. The molecule has 1 fully saturated rings. The molecule has 0 bridgehead atoms. The minimum absolute atomic E-state index is 0.178. The summed E-state index contributed by atoms with van der Waals surface area (Å²) in [6.07, 6.45) is 7.01. The average Bonchev–Trinajstić information content (AvgIpc) is 3.38. The van der Waals surface area contributed by atoms with Gasteiger partial charge in [-0.15, -0.1) is 0 Å². The van der Waals surface area contributed by atoms with E-state index in [0.717, 1.165) is 23.4 Å². The predicted molar refractivity (Wildman–Crippen MR) is 108 cm³/mol. The second-order valence-electron chi connectivity index (χ2n) is 7.36. The Kier molecular flexibility index (Phi) is 5.48. The fraction of sp³-hybridized carbons (Fsp3) is 0.300. The van der Waals surface area contributed by atoms with Crippen molar-refractivity contribution in [3.8, 4) is 5.69 Å². The normalized spacial score (nSPS) is 17.9. The highest BCUT2D eigenvalue weighted by Crippen LogP contribution is 2.32. The minimum atomic E-state index is -5.35. The third-order valence-electron chi connectivity index (χ3n) is 5.29. The van der Waals surface area contributed by atoms with Gasteiger partial charge in [0.15, 0.2) is 0 Å². The number of alkyl halides is 3. The van der Waals surface area contributed by atoms with Crippen molar-refractivity contribution in [2.45, 2.75) is 29.9 Å². The highest BCUT2D eigenvalue weighted by atomic mass is 32.2. The van der Waals surface area contributed by atoms with Gasteiger partial charge in [-0.2, -0.15) is 18.3 Å². The van der Waals surface area contributed by atoms with Gasteiger partial charge in [-0.25, -0.2) is 13.1 Å². The third-order valence-corrected chi connectivity index (χ3v) is 6.79. The van der Waals surface area contributed by atoms with Gasteiger partial charge in [0.25, 0.3) is 9.84 Å². The summed E-state index contributed by atoms with van der Waals surface area (Å²) in [5.41, 5.74) is -2.74. The van der Waals surface area contributed by atoms with Crippen molar-refractivity contribution in [3.63, 3.8) is 0 Å². The number of rotatable bonds is 5. The summed E-state index contributed by atoms with van der Waals surface area (Å²) in [6, 6.07) is 8.78. The van der Waals surface area contributed by atoms with E-state index in [-0.39, 0.29) is 6.04 Å². The van der Waals surface area contributed by atoms with Crippen molar-refractivity contribution in [3.05, 3.63) is 66.7 Å². The fourth-order valence-corrected chi connectivity index (χ4v) is 4.36. The van der Waals surface area contributed by atoms with Crippen molar-refractivity contribution in [2.24, 2.45) is 0 Å². The number of pyridine rings is 1. The van der Waals surface area contributed by atoms with Crippen molar-refractivity contribution in [2.75, 3.05) is 18.1 Å². The molecule has 11 heteroatoms. The summed E-state index contributed by atoms with van der Waals surface area (Å²) in [6.45, 7) is 3.91. The van der Waals surface area contributed by atoms with Gasteiger partial charge in [0.05, 0.1) is 23.4 Å². The van der Waals surface area contributed by atoms with Crippen molar-refractivity contribution in [1.29, 1.82) is 0 Å². The van der Waals surface area contributed by atoms with Crippen LogP contribution < -0.4 is 4.90 Å². The highest BCUT2D eigenvalue weighted by Gasteiger charge is 2.46. The Balaban J connectivity index is 1.50. The van der Waals surface area contributed by atoms with Gasteiger partial charge in [-0.1, -0.05) is 0 Å². The van der Waals surface area contributed by atoms with Gasteiger partial charge in [-0.05, 0) is 48.9 Å². The summed E-state index contributed by atoms with van der Waals surface area (Å²) in [5, 5.41) is 4.27. The first-order valence-electron chi connectivity index (χ1n) is 9.50. The van der Waals surface area contributed by atoms with Gasteiger partial charge in [0, 0.05) is 43.4 Å². The fourth-order valence-electron chi connectivity index (χ4n) is 3.60. The lowest BCUT2D eigenvalue weighted by molar-refractivity contribution is -0.0436. The van der Waals surface area contributed by atoms with E-state index in [2.05, 4.69) is 21.9 Å². The van der Waals surface area contributed by atoms with Gasteiger partial charge < -0.3 is 4.90 Å². The first-order chi connectivity index (χ1) is 14.7. The Morgan fingerprint density at radius 1 is 1.13 bits per heavy atom. The average molecular weight is 451 g/mol. The van der Waals surface area contributed by atoms with Gasteiger partial charge in [0.1, 0.15) is 0 Å². The molecule has 1 atom stereocenters. The van der Waals surface area contributed by atoms with Crippen LogP contribution in [0.4, 0.5) is 18.9 Å². The Labute approximate surface area is 177 Å². The Morgan fingerprint density at radius 3 is 2.52 bits per heavy atom. The maximum absolute atomic E-state index is 12.7. The highest BCUT2D eigenvalue weighted by molar-refractivity contribution is 7.92. The van der Waals surface area contributed by atoms with Crippen LogP contribution in [0.2, 0.25) is 0 Å². The molecule has 164 valence electrons. The molecule has 1 saturated heterocycles. The summed E-state index contributed by atoms with van der Waals surface area (Å²) >= 11 is 0. The zero-order chi connectivity index (χ0) is 22.2. The molecule has 0 N–H and O–H groups in total. The second kappa shape index (κ2) is 7.97. The molecular formula is C20H20F3N5O2S. The zero-order valence-corrected chi connectivity index (χ0v) is 17.4. The topological polar surface area (TPSA) is 71.3 Å². The lowest BCUT2D eigenvalue weighted by Gasteiger charge is -2.22. The molecule has 3 aromatic rings. The number of benzene rings is 1. The molecule has 1 aliphatic heterocycles. The molecule has 0 saturated carbocycles. The van der Waals surface area contributed by atoms with Gasteiger partial charge in [0.2, 0.25) is 0 Å². The van der Waals surface area contributed by atoms with E-state index in [0.29, 0.717) is 25.4 Å². The first kappa shape index (κ1) is 21.3. The smallest absolute Gasteiger partial charge is 0.357 e. The molecule has 1 unspecified atom stereocenters. The summed E-state index contributed by atoms with van der Waals surface area (Å²) in [7, 11) is -5.35. The molecular weight excluding hydrogens is 431 g/mol. The molecule has 0 spiro atoms. The zero-order valence-electron chi connectivity index (χ0n) is 16.6. The van der Waals surface area contributed by atoms with E-state index in [1.807, 2.05) is 23.2 Å². The van der Waals surface area contributed by atoms with Gasteiger partial charge >= 0.3 is 5.51 Å². The minimum Gasteiger partial charge on any atom is -0.357 e. The standard InChI is InChI=1S/C20H20F3N5O2S/c1-15-12-27(17-3-5-18(6-4-17)31(29,30)20(21,22)23)14-26(15)13-16-7-9-24-11-19(16)28-10-2-8-25-28/h2-11,15H,12-14H2,1H3. The molecule has 4 rings (SSSR count). The summed E-state index contributed by atoms with van der Waals surface area (Å²) in [5.74, 6) is 0. The van der Waals surface area contributed by atoms with Crippen molar-refractivity contribution >= 4 is 15.5 Å². The monoisotopic (exact) mass is 451 g/mol. The maximum Gasteiger partial charge on any atom is 0.501 e. The van der Waals surface area contributed by atoms with Crippen molar-refractivity contribution in [1.82, 2.24) is 19.7 Å². The molecule has 2 aromatic heterocycles. The quantitative estimate of drug-likeness (QED) is 0.593. The number of anilines is 1. The van der Waals surface area contributed by atoms with Crippen LogP contribution in [0.5, 0.6) is 0 Å². The van der Waals surface area contributed by atoms with E-state index in [1.54, 1.807) is 23.3 Å². The number of aromatic nitrogens is 3. The van der Waals surface area contributed by atoms with Crippen LogP contribution >= 0.6 is 0 Å². The van der Waals surface area contributed by atoms with E-state index >= 15 is 0 Å². The molecule has 0 amide bonds. The largest absolute Gasteiger partial charge is 0.501 e. The van der Waals surface area contributed by atoms with Gasteiger partial charge in [-0.3, -0.25) is 9.88 Å². The van der Waals surface area contributed by atoms with E-state index in [9.17, 15) is 21.6 Å².